The van der Waals surface area contributed by atoms with Gasteiger partial charge in [-0.3, -0.25) is 0 Å². The Balaban J connectivity index is 1.20. The molecule has 0 aromatic heterocycles. The number of fused-ring (bicyclic) bond motifs is 6. The van der Waals surface area contributed by atoms with E-state index in [9.17, 15) is 9.59 Å². The van der Waals surface area contributed by atoms with Gasteiger partial charge in [0, 0.05) is 79.7 Å². The lowest BCUT2D eigenvalue weighted by molar-refractivity contribution is -0.438. The number of anilines is 3. The first-order chi connectivity index (χ1) is 33.9. The van der Waals surface area contributed by atoms with E-state index in [1.165, 1.54) is 65.0 Å². The Labute approximate surface area is 412 Å². The van der Waals surface area contributed by atoms with E-state index < -0.39 is 0 Å². The molecular formula is C61H64N3O6+. The van der Waals surface area contributed by atoms with Crippen LogP contribution in [0.15, 0.2) is 168 Å². The first-order valence-corrected chi connectivity index (χ1v) is 24.4. The third-order valence-electron chi connectivity index (χ3n) is 14.4. The normalized spacial score (nSPS) is 17.1. The fraction of sp³-hybridized carbons (Fsp3) is 0.295. The first-order valence-electron chi connectivity index (χ1n) is 24.4. The van der Waals surface area contributed by atoms with Crippen LogP contribution in [0.4, 0.5) is 22.7 Å². The number of nitrogens with zero attached hydrogens (tertiary/aromatic N) is 3. The molecule has 6 aromatic rings. The van der Waals surface area contributed by atoms with Gasteiger partial charge in [0.05, 0.1) is 43.1 Å². The van der Waals surface area contributed by atoms with Crippen molar-refractivity contribution >= 4 is 61.9 Å². The number of ether oxygens (including phenoxy) is 4. The summed E-state index contributed by atoms with van der Waals surface area (Å²) in [5, 5.41) is 4.27. The maximum atomic E-state index is 12.6. The molecule has 0 spiro atoms. The first kappa shape index (κ1) is 48.0. The van der Waals surface area contributed by atoms with Crippen LogP contribution < -0.4 is 9.80 Å². The minimum absolute atomic E-state index is 0.342. The Morgan fingerprint density at radius 3 is 1.83 bits per heavy atom. The highest BCUT2D eigenvalue weighted by Gasteiger charge is 2.46. The van der Waals surface area contributed by atoms with Gasteiger partial charge < -0.3 is 28.7 Å². The zero-order valence-electron chi connectivity index (χ0n) is 41.8. The average Bonchev–Trinajstić information content (AvgIpc) is 3.95. The molecule has 2 heterocycles. The smallest absolute Gasteiger partial charge is 0.337 e. The number of carbonyl (C=O) groups is 2. The summed E-state index contributed by atoms with van der Waals surface area (Å²) >= 11 is 0. The van der Waals surface area contributed by atoms with E-state index in [4.69, 9.17) is 18.9 Å². The Morgan fingerprint density at radius 1 is 0.643 bits per heavy atom. The predicted octanol–water partition coefficient (Wildman–Crippen LogP) is 13.1. The molecule has 0 N–H and O–H groups in total. The Kier molecular flexibility index (Phi) is 13.8. The van der Waals surface area contributed by atoms with Crippen LogP contribution in [0.2, 0.25) is 0 Å². The summed E-state index contributed by atoms with van der Waals surface area (Å²) < 4.78 is 23.8. The molecule has 6 aromatic carbocycles. The second-order valence-electron chi connectivity index (χ2n) is 19.4. The monoisotopic (exact) mass is 934 g/mol. The fourth-order valence-electron chi connectivity index (χ4n) is 11.1. The molecule has 0 unspecified atom stereocenters. The number of rotatable bonds is 16. The van der Waals surface area contributed by atoms with Crippen molar-refractivity contribution in [3.63, 3.8) is 0 Å². The number of carbonyl (C=O) groups excluding carboxylic acids is 2. The molecular weight excluding hydrogens is 871 g/mol. The van der Waals surface area contributed by atoms with Gasteiger partial charge in [0.15, 0.2) is 12.3 Å². The van der Waals surface area contributed by atoms with Gasteiger partial charge in [-0.25, -0.2) is 9.59 Å². The van der Waals surface area contributed by atoms with Crippen LogP contribution in [0.5, 0.6) is 0 Å². The van der Waals surface area contributed by atoms with E-state index in [-0.39, 0.29) is 22.8 Å². The highest BCUT2D eigenvalue weighted by molar-refractivity contribution is 6.09. The number of methoxy groups -OCH3 is 4. The maximum absolute atomic E-state index is 12.6. The fourth-order valence-corrected chi connectivity index (χ4v) is 11.1. The molecule has 2 aliphatic heterocycles. The van der Waals surface area contributed by atoms with Gasteiger partial charge in [0.2, 0.25) is 5.69 Å². The third-order valence-corrected chi connectivity index (χ3v) is 14.4. The number of para-hydroxylation sites is 2. The lowest BCUT2D eigenvalue weighted by Crippen LogP contribution is -2.28. The van der Waals surface area contributed by atoms with Gasteiger partial charge in [-0.1, -0.05) is 80.6 Å². The van der Waals surface area contributed by atoms with Crippen LogP contribution in [0.1, 0.15) is 85.2 Å². The van der Waals surface area contributed by atoms with Gasteiger partial charge >= 0.3 is 11.9 Å². The van der Waals surface area contributed by atoms with Crippen LogP contribution in [0.25, 0.3) is 21.5 Å². The van der Waals surface area contributed by atoms with E-state index in [2.05, 4.69) is 163 Å². The molecule has 3 aliphatic rings. The second-order valence-corrected chi connectivity index (χ2v) is 19.4. The van der Waals surface area contributed by atoms with Gasteiger partial charge in [-0.15, -0.1) is 0 Å². The standard InChI is InChI=1S/C61H64N3O6/c1-60(2)53(62(35-15-37-67-5)51-31-25-43-39-45(58(65)69-7)23-29-49(43)55(51)60)33-27-41-21-22-42(57(41)64(47-17-11-9-12-18-47)48-19-13-10-14-20-48)28-34-54-61(3,4)56-50-30-24-46(59(66)70-8)40-44(50)26-32-52(56)63(54)36-16-38-68-6/h9-14,17-20,23-34,39-40H,15-16,21-22,35-38H2,1-8H3/q+1. The van der Waals surface area contributed by atoms with E-state index in [0.717, 1.165) is 71.7 Å². The topological polar surface area (TPSA) is 80.6 Å². The van der Waals surface area contributed by atoms with E-state index >= 15 is 0 Å². The Morgan fingerprint density at radius 2 is 1.23 bits per heavy atom. The molecule has 0 atom stereocenters. The molecule has 0 saturated carbocycles. The number of allylic oxidation sites excluding steroid dienone is 7. The van der Waals surface area contributed by atoms with Crippen LogP contribution in [-0.4, -0.2) is 77.0 Å². The summed E-state index contributed by atoms with van der Waals surface area (Å²) in [6, 6.07) is 41.8. The molecule has 9 rings (SSSR count). The van der Waals surface area contributed by atoms with Crippen molar-refractivity contribution in [2.24, 2.45) is 0 Å². The van der Waals surface area contributed by atoms with Crippen molar-refractivity contribution < 1.29 is 33.1 Å². The molecule has 1 aliphatic carbocycles. The SMILES string of the molecule is COCCCN1/C(=C/C=C2\CCC(/C=C/C3=[N+](CCCOC)c4ccc5cc(C(=O)OC)ccc5c4C3(C)C)=C2N(c2ccccc2)c2ccccc2)C(C)(C)c2c1ccc1cc(C(=O)OC)ccc21. The molecule has 0 amide bonds. The van der Waals surface area contributed by atoms with Crippen molar-refractivity contribution in [3.05, 3.63) is 190 Å². The molecule has 9 nitrogen and oxygen atoms in total. The molecule has 358 valence electrons. The number of esters is 2. The highest BCUT2D eigenvalue weighted by atomic mass is 16.5. The summed E-state index contributed by atoms with van der Waals surface area (Å²) in [6.07, 6.45) is 12.9. The minimum Gasteiger partial charge on any atom is -0.465 e. The quantitative estimate of drug-likeness (QED) is 0.0539. The minimum atomic E-state index is -0.369. The van der Waals surface area contributed by atoms with Gasteiger partial charge in [0.1, 0.15) is 0 Å². The van der Waals surface area contributed by atoms with Crippen LogP contribution in [0, 0.1) is 0 Å². The second kappa shape index (κ2) is 20.1. The molecule has 0 saturated heterocycles. The van der Waals surface area contributed by atoms with Crippen molar-refractivity contribution in [3.8, 4) is 0 Å². The van der Waals surface area contributed by atoms with Gasteiger partial charge in [-0.2, -0.15) is 4.58 Å². The number of hydrogen-bond acceptors (Lipinski definition) is 8. The lowest BCUT2D eigenvalue weighted by Gasteiger charge is -2.29. The van der Waals surface area contributed by atoms with Crippen molar-refractivity contribution in [1.29, 1.82) is 0 Å². The molecule has 0 fully saturated rings. The summed E-state index contributed by atoms with van der Waals surface area (Å²) in [5.74, 6) is -0.685. The number of benzene rings is 6. The maximum Gasteiger partial charge on any atom is 0.337 e. The van der Waals surface area contributed by atoms with Crippen LogP contribution >= 0.6 is 0 Å². The largest absolute Gasteiger partial charge is 0.465 e. The van der Waals surface area contributed by atoms with Crippen molar-refractivity contribution in [2.75, 3.05) is 64.5 Å². The zero-order valence-corrected chi connectivity index (χ0v) is 41.8. The van der Waals surface area contributed by atoms with Crippen molar-refractivity contribution in [1.82, 2.24) is 0 Å². The van der Waals surface area contributed by atoms with E-state index in [1.54, 1.807) is 14.2 Å². The summed E-state index contributed by atoms with van der Waals surface area (Å²) in [4.78, 5) is 30.1. The summed E-state index contributed by atoms with van der Waals surface area (Å²) in [5.41, 5.74) is 13.4. The predicted molar refractivity (Wildman–Crippen MR) is 283 cm³/mol. The molecule has 9 heteroatoms. The zero-order chi connectivity index (χ0) is 49.2. The molecule has 70 heavy (non-hydrogen) atoms. The molecule has 0 radical (unpaired) electrons. The van der Waals surface area contributed by atoms with E-state index in [0.29, 0.717) is 24.3 Å². The summed E-state index contributed by atoms with van der Waals surface area (Å²) in [6.45, 7) is 12.2. The van der Waals surface area contributed by atoms with E-state index in [1.807, 2.05) is 24.3 Å². The Bertz CT molecular complexity index is 3100. The van der Waals surface area contributed by atoms with Crippen molar-refractivity contribution in [2.45, 2.75) is 64.2 Å². The average molecular weight is 935 g/mol. The molecule has 0 bridgehead atoms. The van der Waals surface area contributed by atoms with Gasteiger partial charge in [0.25, 0.3) is 0 Å². The third kappa shape index (κ3) is 8.77. The van der Waals surface area contributed by atoms with Crippen LogP contribution in [-0.2, 0) is 29.8 Å². The Hall–Kier alpha value is -7.07. The lowest BCUT2D eigenvalue weighted by atomic mass is 9.78. The highest BCUT2D eigenvalue weighted by Crippen LogP contribution is 2.52. The van der Waals surface area contributed by atoms with Gasteiger partial charge in [-0.05, 0) is 138 Å². The van der Waals surface area contributed by atoms with Crippen LogP contribution in [0.3, 0.4) is 0 Å². The number of hydrogen-bond donors (Lipinski definition) is 0. The summed E-state index contributed by atoms with van der Waals surface area (Å²) in [7, 11) is 6.36.